The summed E-state index contributed by atoms with van der Waals surface area (Å²) < 4.78 is 37.2. The third-order valence-corrected chi connectivity index (χ3v) is 3.75. The summed E-state index contributed by atoms with van der Waals surface area (Å²) in [5, 5.41) is 13.0. The highest BCUT2D eigenvalue weighted by Crippen LogP contribution is 2.31. The molecule has 2 N–H and O–H groups in total. The van der Waals surface area contributed by atoms with Gasteiger partial charge in [-0.3, -0.25) is 4.79 Å². The Kier molecular flexibility index (Phi) is 5.58. The second kappa shape index (κ2) is 7.48. The minimum atomic E-state index is -1.72. The van der Waals surface area contributed by atoms with Crippen molar-refractivity contribution in [3.8, 4) is 11.5 Å². The van der Waals surface area contributed by atoms with Crippen LogP contribution < -0.4 is 14.8 Å². The molecule has 0 aliphatic rings. The van der Waals surface area contributed by atoms with Gasteiger partial charge in [0, 0.05) is 11.6 Å². The van der Waals surface area contributed by atoms with Gasteiger partial charge in [-0.25, -0.2) is 8.78 Å². The Labute approximate surface area is 144 Å². The van der Waals surface area contributed by atoms with Crippen molar-refractivity contribution in [3.63, 3.8) is 0 Å². The highest BCUT2D eigenvalue weighted by molar-refractivity contribution is 5.97. The van der Waals surface area contributed by atoms with E-state index in [0.717, 1.165) is 12.1 Å². The maximum atomic E-state index is 13.9. The molecule has 0 radical (unpaired) electrons. The fourth-order valence-corrected chi connectivity index (χ4v) is 2.44. The lowest BCUT2D eigenvalue weighted by atomic mass is 9.95. The van der Waals surface area contributed by atoms with Crippen molar-refractivity contribution in [2.75, 3.05) is 20.8 Å². The zero-order valence-electron chi connectivity index (χ0n) is 14.1. The molecule has 7 heteroatoms. The van der Waals surface area contributed by atoms with E-state index in [0.29, 0.717) is 11.8 Å². The van der Waals surface area contributed by atoms with Crippen LogP contribution in [0.2, 0.25) is 0 Å². The lowest BCUT2D eigenvalue weighted by molar-refractivity contribution is 0.0493. The van der Waals surface area contributed by atoms with Crippen molar-refractivity contribution in [1.82, 2.24) is 5.32 Å². The van der Waals surface area contributed by atoms with Gasteiger partial charge in [-0.05, 0) is 25.1 Å². The number of nitrogens with one attached hydrogen (secondary N) is 1. The van der Waals surface area contributed by atoms with Crippen molar-refractivity contribution >= 4 is 5.91 Å². The lowest BCUT2D eigenvalue weighted by Crippen LogP contribution is -2.39. The van der Waals surface area contributed by atoms with Crippen LogP contribution in [-0.4, -0.2) is 31.8 Å². The van der Waals surface area contributed by atoms with E-state index in [1.54, 1.807) is 12.1 Å². The molecule has 2 aromatic carbocycles. The minimum absolute atomic E-state index is 0.119. The van der Waals surface area contributed by atoms with E-state index in [9.17, 15) is 18.7 Å². The monoisotopic (exact) mass is 351 g/mol. The van der Waals surface area contributed by atoms with E-state index < -0.39 is 23.1 Å². The number of ether oxygens (including phenoxy) is 2. The number of hydrogen-bond donors (Lipinski definition) is 2. The first kappa shape index (κ1) is 18.7. The molecule has 0 aliphatic carbocycles. The molecule has 0 heterocycles. The number of halogens is 2. The SMILES string of the molecule is COc1cccc(C(=O)NC[C@](C)(O)c2ccc(F)cc2F)c1OC. The van der Waals surface area contributed by atoms with Gasteiger partial charge in [0.2, 0.25) is 0 Å². The van der Waals surface area contributed by atoms with Crippen LogP contribution in [0.4, 0.5) is 8.78 Å². The predicted octanol–water partition coefficient (Wildman–Crippen LogP) is 2.62. The number of carbonyl (C=O) groups excluding carboxylic acids is 1. The smallest absolute Gasteiger partial charge is 0.255 e. The van der Waals surface area contributed by atoms with Crippen molar-refractivity contribution in [2.45, 2.75) is 12.5 Å². The molecule has 2 aromatic rings. The van der Waals surface area contributed by atoms with Gasteiger partial charge in [-0.1, -0.05) is 12.1 Å². The maximum Gasteiger partial charge on any atom is 0.255 e. The van der Waals surface area contributed by atoms with E-state index in [2.05, 4.69) is 5.32 Å². The Hall–Kier alpha value is -2.67. The van der Waals surface area contributed by atoms with Gasteiger partial charge in [0.05, 0.1) is 26.3 Å². The van der Waals surface area contributed by atoms with Gasteiger partial charge in [0.15, 0.2) is 11.5 Å². The van der Waals surface area contributed by atoms with Gasteiger partial charge in [-0.15, -0.1) is 0 Å². The van der Waals surface area contributed by atoms with Crippen LogP contribution in [0.5, 0.6) is 11.5 Å². The van der Waals surface area contributed by atoms with Crippen molar-refractivity contribution < 1.29 is 28.2 Å². The van der Waals surface area contributed by atoms with E-state index >= 15 is 0 Å². The molecule has 25 heavy (non-hydrogen) atoms. The second-order valence-corrected chi connectivity index (χ2v) is 5.62. The predicted molar refractivity (Wildman–Crippen MR) is 87.8 cm³/mol. The van der Waals surface area contributed by atoms with Crippen LogP contribution in [0.1, 0.15) is 22.8 Å². The van der Waals surface area contributed by atoms with Gasteiger partial charge in [-0.2, -0.15) is 0 Å². The molecule has 0 aliphatic heterocycles. The number of para-hydroxylation sites is 1. The first-order valence-electron chi connectivity index (χ1n) is 7.47. The quantitative estimate of drug-likeness (QED) is 0.840. The van der Waals surface area contributed by atoms with Crippen LogP contribution in [0.25, 0.3) is 0 Å². The molecule has 0 bridgehead atoms. The van der Waals surface area contributed by atoms with Gasteiger partial charge in [0.1, 0.15) is 17.2 Å². The summed E-state index contributed by atoms with van der Waals surface area (Å²) in [6, 6.07) is 7.65. The zero-order chi connectivity index (χ0) is 18.6. The highest BCUT2D eigenvalue weighted by atomic mass is 19.1. The fourth-order valence-electron chi connectivity index (χ4n) is 2.44. The van der Waals surface area contributed by atoms with Gasteiger partial charge < -0.3 is 19.9 Å². The minimum Gasteiger partial charge on any atom is -0.493 e. The Morgan fingerprint density at radius 2 is 1.92 bits per heavy atom. The average molecular weight is 351 g/mol. The maximum absolute atomic E-state index is 13.9. The molecule has 0 saturated carbocycles. The van der Waals surface area contributed by atoms with Crippen LogP contribution >= 0.6 is 0 Å². The summed E-state index contributed by atoms with van der Waals surface area (Å²) in [5.74, 6) is -1.54. The van der Waals surface area contributed by atoms with E-state index in [-0.39, 0.29) is 23.4 Å². The largest absolute Gasteiger partial charge is 0.493 e. The third kappa shape index (κ3) is 4.06. The topological polar surface area (TPSA) is 67.8 Å². The van der Waals surface area contributed by atoms with E-state index in [1.165, 1.54) is 27.2 Å². The van der Waals surface area contributed by atoms with Crippen molar-refractivity contribution in [1.29, 1.82) is 0 Å². The molecule has 2 rings (SSSR count). The fraction of sp³-hybridized carbons (Fsp3) is 0.278. The summed E-state index contributed by atoms with van der Waals surface area (Å²) in [5.41, 5.74) is -1.64. The molecular weight excluding hydrogens is 332 g/mol. The Morgan fingerprint density at radius 1 is 1.20 bits per heavy atom. The molecule has 5 nitrogen and oxygen atoms in total. The Bertz CT molecular complexity index is 778. The number of benzene rings is 2. The summed E-state index contributed by atoms with van der Waals surface area (Å²) in [4.78, 5) is 12.4. The molecule has 0 unspecified atom stereocenters. The Morgan fingerprint density at radius 3 is 2.52 bits per heavy atom. The molecule has 0 aromatic heterocycles. The van der Waals surface area contributed by atoms with Gasteiger partial charge >= 0.3 is 0 Å². The molecule has 1 amide bonds. The third-order valence-electron chi connectivity index (χ3n) is 3.75. The Balaban J connectivity index is 2.19. The first-order valence-corrected chi connectivity index (χ1v) is 7.47. The molecule has 0 spiro atoms. The van der Waals surface area contributed by atoms with Gasteiger partial charge in [0.25, 0.3) is 5.91 Å². The molecule has 1 atom stereocenters. The number of carbonyl (C=O) groups is 1. The number of hydrogen-bond acceptors (Lipinski definition) is 4. The average Bonchev–Trinajstić information content (AvgIpc) is 2.58. The standard InChI is InChI=1S/C18H19F2NO4/c1-18(23,13-8-7-11(19)9-14(13)20)10-21-17(22)12-5-4-6-15(24-2)16(12)25-3/h4-9,23H,10H2,1-3H3,(H,21,22)/t18-/m0/s1. The van der Waals surface area contributed by atoms with E-state index in [1.807, 2.05) is 0 Å². The normalized spacial score (nSPS) is 13.0. The van der Waals surface area contributed by atoms with Crippen LogP contribution in [-0.2, 0) is 5.60 Å². The molecular formula is C18H19F2NO4. The van der Waals surface area contributed by atoms with Crippen LogP contribution in [0.15, 0.2) is 36.4 Å². The summed E-state index contributed by atoms with van der Waals surface area (Å²) >= 11 is 0. The molecule has 0 fully saturated rings. The summed E-state index contributed by atoms with van der Waals surface area (Å²) in [6.45, 7) is 1.04. The second-order valence-electron chi connectivity index (χ2n) is 5.62. The summed E-state index contributed by atoms with van der Waals surface area (Å²) in [7, 11) is 2.85. The number of rotatable bonds is 6. The highest BCUT2D eigenvalue weighted by Gasteiger charge is 2.28. The number of methoxy groups -OCH3 is 2. The molecule has 134 valence electrons. The summed E-state index contributed by atoms with van der Waals surface area (Å²) in [6.07, 6.45) is 0. The van der Waals surface area contributed by atoms with Crippen molar-refractivity contribution in [3.05, 3.63) is 59.2 Å². The lowest BCUT2D eigenvalue weighted by Gasteiger charge is -2.25. The van der Waals surface area contributed by atoms with Crippen LogP contribution in [0.3, 0.4) is 0 Å². The number of amides is 1. The van der Waals surface area contributed by atoms with E-state index in [4.69, 9.17) is 9.47 Å². The first-order chi connectivity index (χ1) is 11.8. The zero-order valence-corrected chi connectivity index (χ0v) is 14.1. The number of aliphatic hydroxyl groups is 1. The molecule has 0 saturated heterocycles. The van der Waals surface area contributed by atoms with Crippen LogP contribution in [0, 0.1) is 11.6 Å². The van der Waals surface area contributed by atoms with Crippen molar-refractivity contribution in [2.24, 2.45) is 0 Å².